The summed E-state index contributed by atoms with van der Waals surface area (Å²) in [7, 11) is 0. The van der Waals surface area contributed by atoms with E-state index in [-0.39, 0.29) is 5.41 Å². The summed E-state index contributed by atoms with van der Waals surface area (Å²) >= 11 is 0. The first-order valence-electron chi connectivity index (χ1n) is 6.43. The van der Waals surface area contributed by atoms with Crippen LogP contribution in [0.5, 0.6) is 0 Å². The topological polar surface area (TPSA) is 0 Å². The molecule has 0 spiro atoms. The van der Waals surface area contributed by atoms with Gasteiger partial charge in [0.15, 0.2) is 0 Å². The predicted molar refractivity (Wildman–Crippen MR) is 79.8 cm³/mol. The highest BCUT2D eigenvalue weighted by Gasteiger charge is 2.35. The predicted octanol–water partition coefficient (Wildman–Crippen LogP) is 5.09. The van der Waals surface area contributed by atoms with E-state index in [0.29, 0.717) is 0 Å². The van der Waals surface area contributed by atoms with E-state index in [4.69, 9.17) is 0 Å². The average Bonchev–Trinajstić information content (AvgIpc) is 2.57. The van der Waals surface area contributed by atoms with Crippen molar-refractivity contribution in [2.45, 2.75) is 26.2 Å². The third kappa shape index (κ3) is 1.26. The second kappa shape index (κ2) is 3.58. The van der Waals surface area contributed by atoms with Gasteiger partial charge in [0.2, 0.25) is 0 Å². The van der Waals surface area contributed by atoms with Crippen LogP contribution in [-0.4, -0.2) is 0 Å². The molecule has 0 fully saturated rings. The van der Waals surface area contributed by atoms with E-state index >= 15 is 0 Å². The Kier molecular flexibility index (Phi) is 2.25. The number of allylic oxidation sites excluding steroid dienone is 3. The van der Waals surface area contributed by atoms with E-state index in [9.17, 15) is 0 Å². The van der Waals surface area contributed by atoms with Crippen LogP contribution in [0.25, 0.3) is 16.3 Å². The number of hydrogen-bond donors (Lipinski definition) is 0. The molecule has 18 heavy (non-hydrogen) atoms. The van der Waals surface area contributed by atoms with Crippen LogP contribution in [0.15, 0.2) is 54.6 Å². The molecular weight excluding hydrogens is 216 g/mol. The molecule has 1 aliphatic rings. The highest BCUT2D eigenvalue weighted by molar-refractivity contribution is 5.97. The lowest BCUT2D eigenvalue weighted by Gasteiger charge is -2.24. The van der Waals surface area contributed by atoms with Crippen molar-refractivity contribution in [3.8, 4) is 0 Å². The van der Waals surface area contributed by atoms with Crippen LogP contribution in [0.1, 0.15) is 31.9 Å². The summed E-state index contributed by atoms with van der Waals surface area (Å²) in [6, 6.07) is 13.1. The van der Waals surface area contributed by atoms with Gasteiger partial charge in [0.05, 0.1) is 0 Å². The molecule has 0 heteroatoms. The molecule has 0 aromatic heterocycles. The Labute approximate surface area is 109 Å². The van der Waals surface area contributed by atoms with Gasteiger partial charge in [-0.1, -0.05) is 68.5 Å². The van der Waals surface area contributed by atoms with E-state index < -0.39 is 0 Å². The van der Waals surface area contributed by atoms with Crippen molar-refractivity contribution in [1.82, 2.24) is 0 Å². The van der Waals surface area contributed by atoms with Gasteiger partial charge in [0.1, 0.15) is 0 Å². The zero-order chi connectivity index (χ0) is 12.9. The Bertz CT molecular complexity index is 684. The number of benzene rings is 2. The maximum Gasteiger partial charge on any atom is 0.0124 e. The molecule has 2 aromatic rings. The minimum atomic E-state index is 0.0969. The summed E-state index contributed by atoms with van der Waals surface area (Å²) in [5, 5.41) is 2.69. The van der Waals surface area contributed by atoms with Crippen LogP contribution >= 0.6 is 0 Å². The zero-order valence-electron chi connectivity index (χ0n) is 11.2. The van der Waals surface area contributed by atoms with Gasteiger partial charge in [-0.25, -0.2) is 0 Å². The van der Waals surface area contributed by atoms with Gasteiger partial charge in [-0.05, 0) is 34.4 Å². The molecule has 0 unspecified atom stereocenters. The van der Waals surface area contributed by atoms with Crippen molar-refractivity contribution < 1.29 is 0 Å². The summed E-state index contributed by atoms with van der Waals surface area (Å²) in [4.78, 5) is 0. The Morgan fingerprint density at radius 3 is 2.50 bits per heavy atom. The van der Waals surface area contributed by atoms with Crippen molar-refractivity contribution in [1.29, 1.82) is 0 Å². The molecule has 0 nitrogen and oxygen atoms in total. The number of hydrogen-bond acceptors (Lipinski definition) is 0. The molecule has 90 valence electrons. The zero-order valence-corrected chi connectivity index (χ0v) is 11.2. The van der Waals surface area contributed by atoms with Gasteiger partial charge in [0, 0.05) is 5.41 Å². The van der Waals surface area contributed by atoms with E-state index in [2.05, 4.69) is 63.7 Å². The molecule has 0 saturated carbocycles. The molecule has 2 aromatic carbocycles. The summed E-state index contributed by atoms with van der Waals surface area (Å²) in [6.45, 7) is 10.8. The van der Waals surface area contributed by atoms with Gasteiger partial charge in [0.25, 0.3) is 0 Å². The Balaban J connectivity index is 2.47. The molecule has 0 radical (unpaired) electrons. The normalized spacial score (nSPS) is 17.1. The van der Waals surface area contributed by atoms with Gasteiger partial charge in [-0.3, -0.25) is 0 Å². The van der Waals surface area contributed by atoms with E-state index in [1.54, 1.807) is 0 Å². The van der Waals surface area contributed by atoms with Gasteiger partial charge in [-0.2, -0.15) is 0 Å². The van der Waals surface area contributed by atoms with Crippen LogP contribution in [0.3, 0.4) is 0 Å². The molecule has 0 N–H and O–H groups in total. The van der Waals surface area contributed by atoms with Crippen molar-refractivity contribution in [2.75, 3.05) is 0 Å². The Morgan fingerprint density at radius 2 is 1.78 bits per heavy atom. The molecule has 0 heterocycles. The molecule has 0 atom stereocenters. The third-order valence-electron chi connectivity index (χ3n) is 4.39. The Hall–Kier alpha value is -1.82. The summed E-state index contributed by atoms with van der Waals surface area (Å²) in [5.41, 5.74) is 5.63. The van der Waals surface area contributed by atoms with Crippen LogP contribution in [0.2, 0.25) is 0 Å². The maximum absolute atomic E-state index is 3.98. The van der Waals surface area contributed by atoms with Crippen LogP contribution < -0.4 is 0 Å². The first kappa shape index (κ1) is 11.3. The van der Waals surface area contributed by atoms with Crippen molar-refractivity contribution in [3.05, 3.63) is 65.8 Å². The standard InChI is InChI=1S/C18H18/c1-5-14-12(2)18(3,4)17-15-9-7-6-8-13(15)10-11-16(14)17/h5-11H,1H2,2-4H3. The highest BCUT2D eigenvalue weighted by atomic mass is 14.4. The monoisotopic (exact) mass is 234 g/mol. The molecule has 0 saturated heterocycles. The molecular formula is C18H18. The molecule has 3 rings (SSSR count). The van der Waals surface area contributed by atoms with Crippen LogP contribution in [0.4, 0.5) is 0 Å². The first-order valence-corrected chi connectivity index (χ1v) is 6.43. The smallest absolute Gasteiger partial charge is 0.0124 e. The van der Waals surface area contributed by atoms with Crippen molar-refractivity contribution >= 4 is 16.3 Å². The van der Waals surface area contributed by atoms with E-state index in [1.807, 2.05) is 6.08 Å². The van der Waals surface area contributed by atoms with Crippen molar-refractivity contribution in [2.24, 2.45) is 0 Å². The second-order valence-corrected chi connectivity index (χ2v) is 5.58. The molecule has 0 amide bonds. The lowest BCUT2D eigenvalue weighted by molar-refractivity contribution is 0.645. The third-order valence-corrected chi connectivity index (χ3v) is 4.39. The minimum absolute atomic E-state index is 0.0969. The lowest BCUT2D eigenvalue weighted by atomic mass is 9.79. The number of fused-ring (bicyclic) bond motifs is 3. The lowest BCUT2D eigenvalue weighted by Crippen LogP contribution is -2.15. The highest BCUT2D eigenvalue weighted by Crippen LogP contribution is 2.48. The summed E-state index contributed by atoms with van der Waals surface area (Å²) in [6.07, 6.45) is 2.00. The fourth-order valence-electron chi connectivity index (χ4n) is 3.16. The minimum Gasteiger partial charge on any atom is -0.0984 e. The van der Waals surface area contributed by atoms with Gasteiger partial charge < -0.3 is 0 Å². The van der Waals surface area contributed by atoms with Gasteiger partial charge >= 0.3 is 0 Å². The maximum atomic E-state index is 3.98. The molecule has 0 bridgehead atoms. The molecule has 0 aliphatic heterocycles. The van der Waals surface area contributed by atoms with Crippen LogP contribution in [-0.2, 0) is 5.41 Å². The van der Waals surface area contributed by atoms with E-state index in [1.165, 1.54) is 33.0 Å². The fraction of sp³-hybridized carbons (Fsp3) is 0.222. The van der Waals surface area contributed by atoms with Crippen molar-refractivity contribution in [3.63, 3.8) is 0 Å². The fourth-order valence-corrected chi connectivity index (χ4v) is 3.16. The first-order chi connectivity index (χ1) is 8.57. The van der Waals surface area contributed by atoms with E-state index in [0.717, 1.165) is 0 Å². The summed E-state index contributed by atoms with van der Waals surface area (Å²) in [5.74, 6) is 0. The van der Waals surface area contributed by atoms with Crippen LogP contribution in [0, 0.1) is 0 Å². The largest absolute Gasteiger partial charge is 0.0984 e. The second-order valence-electron chi connectivity index (χ2n) is 5.58. The SMILES string of the molecule is C=CC1=C(C)C(C)(C)c2c1ccc1ccccc21. The summed E-state index contributed by atoms with van der Waals surface area (Å²) < 4.78 is 0. The Morgan fingerprint density at radius 1 is 1.06 bits per heavy atom. The molecule has 1 aliphatic carbocycles. The van der Waals surface area contributed by atoms with Gasteiger partial charge in [-0.15, -0.1) is 0 Å². The number of rotatable bonds is 1. The average molecular weight is 234 g/mol. The quantitative estimate of drug-likeness (QED) is 0.644.